The number of benzene rings is 1. The van der Waals surface area contributed by atoms with Gasteiger partial charge in [-0.25, -0.2) is 0 Å². The molecular weight excluding hydrogens is 234 g/mol. The van der Waals surface area contributed by atoms with Crippen LogP contribution in [0.15, 0.2) is 24.3 Å². The van der Waals surface area contributed by atoms with Gasteiger partial charge in [0.2, 0.25) is 0 Å². The highest BCUT2D eigenvalue weighted by Crippen LogP contribution is 2.30. The SMILES string of the molecule is CCCNC(C#N)CN1c2ccccc2CCC1C. The van der Waals surface area contributed by atoms with Crippen molar-refractivity contribution >= 4 is 5.69 Å². The van der Waals surface area contributed by atoms with Crippen LogP contribution in [0.2, 0.25) is 0 Å². The van der Waals surface area contributed by atoms with E-state index in [-0.39, 0.29) is 6.04 Å². The number of nitrogens with one attached hydrogen (secondary N) is 1. The van der Waals surface area contributed by atoms with Crippen molar-refractivity contribution in [2.75, 3.05) is 18.0 Å². The van der Waals surface area contributed by atoms with E-state index in [0.29, 0.717) is 6.04 Å². The monoisotopic (exact) mass is 257 g/mol. The summed E-state index contributed by atoms with van der Waals surface area (Å²) in [6.07, 6.45) is 3.38. The molecule has 2 atom stereocenters. The molecule has 0 saturated carbocycles. The Hall–Kier alpha value is -1.53. The summed E-state index contributed by atoms with van der Waals surface area (Å²) in [5.74, 6) is 0. The van der Waals surface area contributed by atoms with Gasteiger partial charge in [-0.1, -0.05) is 25.1 Å². The average Bonchev–Trinajstić information content (AvgIpc) is 2.45. The van der Waals surface area contributed by atoms with E-state index >= 15 is 0 Å². The Morgan fingerprint density at radius 1 is 1.47 bits per heavy atom. The largest absolute Gasteiger partial charge is 0.366 e. The van der Waals surface area contributed by atoms with Crippen molar-refractivity contribution in [3.8, 4) is 6.07 Å². The van der Waals surface area contributed by atoms with Crippen molar-refractivity contribution in [3.63, 3.8) is 0 Å². The molecule has 2 unspecified atom stereocenters. The maximum absolute atomic E-state index is 9.28. The summed E-state index contributed by atoms with van der Waals surface area (Å²) in [6, 6.07) is 11.4. The van der Waals surface area contributed by atoms with E-state index in [1.807, 2.05) is 0 Å². The lowest BCUT2D eigenvalue weighted by molar-refractivity contribution is 0.511. The van der Waals surface area contributed by atoms with Gasteiger partial charge in [0, 0.05) is 18.3 Å². The molecule has 1 heterocycles. The Morgan fingerprint density at radius 2 is 2.26 bits per heavy atom. The van der Waals surface area contributed by atoms with Gasteiger partial charge in [0.15, 0.2) is 0 Å². The number of hydrogen-bond donors (Lipinski definition) is 1. The Balaban J connectivity index is 2.12. The molecule has 1 aromatic carbocycles. The molecule has 0 saturated heterocycles. The fraction of sp³-hybridized carbons (Fsp3) is 0.562. The number of para-hydroxylation sites is 1. The summed E-state index contributed by atoms with van der Waals surface area (Å²) in [4.78, 5) is 2.38. The van der Waals surface area contributed by atoms with Crippen LogP contribution in [-0.2, 0) is 6.42 Å². The second kappa shape index (κ2) is 6.58. The first-order valence-electron chi connectivity index (χ1n) is 7.23. The number of nitriles is 1. The minimum atomic E-state index is -0.0893. The first-order valence-corrected chi connectivity index (χ1v) is 7.23. The van der Waals surface area contributed by atoms with E-state index in [1.165, 1.54) is 17.7 Å². The third kappa shape index (κ3) is 3.27. The van der Waals surface area contributed by atoms with E-state index < -0.39 is 0 Å². The van der Waals surface area contributed by atoms with Gasteiger partial charge in [-0.05, 0) is 44.4 Å². The van der Waals surface area contributed by atoms with Crippen LogP contribution in [0.25, 0.3) is 0 Å². The highest BCUT2D eigenvalue weighted by molar-refractivity contribution is 5.56. The number of hydrogen-bond acceptors (Lipinski definition) is 3. The summed E-state index contributed by atoms with van der Waals surface area (Å²) in [7, 11) is 0. The molecule has 0 aromatic heterocycles. The normalized spacial score (nSPS) is 19.6. The molecule has 0 bridgehead atoms. The highest BCUT2D eigenvalue weighted by atomic mass is 15.2. The van der Waals surface area contributed by atoms with Gasteiger partial charge in [0.1, 0.15) is 6.04 Å². The fourth-order valence-corrected chi connectivity index (χ4v) is 2.70. The molecule has 1 aliphatic heterocycles. The maximum atomic E-state index is 9.28. The van der Waals surface area contributed by atoms with Gasteiger partial charge in [-0.2, -0.15) is 5.26 Å². The molecule has 0 fully saturated rings. The standard InChI is InChI=1S/C16H23N3/c1-3-10-18-15(11-17)12-19-13(2)8-9-14-6-4-5-7-16(14)19/h4-7,13,15,18H,3,8-10,12H2,1-2H3. The Kier molecular flexibility index (Phi) is 4.81. The third-order valence-electron chi connectivity index (χ3n) is 3.84. The lowest BCUT2D eigenvalue weighted by Crippen LogP contribution is -2.46. The molecule has 0 radical (unpaired) electrons. The molecule has 19 heavy (non-hydrogen) atoms. The van der Waals surface area contributed by atoms with Gasteiger partial charge in [0.25, 0.3) is 0 Å². The lowest BCUT2D eigenvalue weighted by atomic mass is 9.96. The quantitative estimate of drug-likeness (QED) is 0.881. The molecule has 102 valence electrons. The number of rotatable bonds is 5. The maximum Gasteiger partial charge on any atom is 0.113 e. The Bertz CT molecular complexity index is 450. The van der Waals surface area contributed by atoms with E-state index in [2.05, 4.69) is 54.4 Å². The van der Waals surface area contributed by atoms with Gasteiger partial charge >= 0.3 is 0 Å². The summed E-state index contributed by atoms with van der Waals surface area (Å²) in [6.45, 7) is 6.06. The second-order valence-electron chi connectivity index (χ2n) is 5.30. The Labute approximate surface area is 116 Å². The first-order chi connectivity index (χ1) is 9.26. The molecule has 1 aromatic rings. The average molecular weight is 257 g/mol. The van der Waals surface area contributed by atoms with Crippen molar-refractivity contribution in [2.24, 2.45) is 0 Å². The summed E-state index contributed by atoms with van der Waals surface area (Å²) in [5, 5.41) is 12.6. The van der Waals surface area contributed by atoms with Gasteiger partial charge < -0.3 is 10.2 Å². The fourth-order valence-electron chi connectivity index (χ4n) is 2.70. The van der Waals surface area contributed by atoms with E-state index in [4.69, 9.17) is 0 Å². The Morgan fingerprint density at radius 3 is 3.00 bits per heavy atom. The summed E-state index contributed by atoms with van der Waals surface area (Å²) >= 11 is 0. The molecule has 0 amide bonds. The number of nitrogens with zero attached hydrogens (tertiary/aromatic N) is 2. The predicted octanol–water partition coefficient (Wildman–Crippen LogP) is 2.72. The summed E-state index contributed by atoms with van der Waals surface area (Å²) < 4.78 is 0. The van der Waals surface area contributed by atoms with E-state index in [0.717, 1.165) is 25.9 Å². The van der Waals surface area contributed by atoms with Crippen molar-refractivity contribution in [1.82, 2.24) is 5.32 Å². The topological polar surface area (TPSA) is 39.1 Å². The highest BCUT2D eigenvalue weighted by Gasteiger charge is 2.24. The number of aryl methyl sites for hydroxylation is 1. The smallest absolute Gasteiger partial charge is 0.113 e. The van der Waals surface area contributed by atoms with E-state index in [1.54, 1.807) is 0 Å². The van der Waals surface area contributed by atoms with Crippen LogP contribution in [0.3, 0.4) is 0 Å². The molecule has 1 aliphatic rings. The molecule has 0 aliphatic carbocycles. The predicted molar refractivity (Wildman–Crippen MR) is 79.3 cm³/mol. The molecule has 1 N–H and O–H groups in total. The van der Waals surface area contributed by atoms with Crippen molar-refractivity contribution < 1.29 is 0 Å². The van der Waals surface area contributed by atoms with Crippen LogP contribution < -0.4 is 10.2 Å². The van der Waals surface area contributed by atoms with Crippen molar-refractivity contribution in [2.45, 2.75) is 45.2 Å². The van der Waals surface area contributed by atoms with Gasteiger partial charge in [0.05, 0.1) is 6.07 Å². The van der Waals surface area contributed by atoms with Crippen LogP contribution in [0.4, 0.5) is 5.69 Å². The number of anilines is 1. The lowest BCUT2D eigenvalue weighted by Gasteiger charge is -2.38. The molecule has 0 spiro atoms. The zero-order chi connectivity index (χ0) is 13.7. The minimum absolute atomic E-state index is 0.0893. The minimum Gasteiger partial charge on any atom is -0.366 e. The first kappa shape index (κ1) is 13.9. The zero-order valence-electron chi connectivity index (χ0n) is 11.9. The van der Waals surface area contributed by atoms with Crippen molar-refractivity contribution in [3.05, 3.63) is 29.8 Å². The van der Waals surface area contributed by atoms with Crippen LogP contribution in [0.1, 0.15) is 32.3 Å². The molecule has 3 nitrogen and oxygen atoms in total. The molecule has 2 rings (SSSR count). The third-order valence-corrected chi connectivity index (χ3v) is 3.84. The van der Waals surface area contributed by atoms with Crippen LogP contribution in [0.5, 0.6) is 0 Å². The van der Waals surface area contributed by atoms with Crippen LogP contribution in [-0.4, -0.2) is 25.2 Å². The zero-order valence-corrected chi connectivity index (χ0v) is 11.9. The number of fused-ring (bicyclic) bond motifs is 1. The molecule has 3 heteroatoms. The van der Waals surface area contributed by atoms with Gasteiger partial charge in [-0.3, -0.25) is 0 Å². The van der Waals surface area contributed by atoms with Crippen molar-refractivity contribution in [1.29, 1.82) is 5.26 Å². The second-order valence-corrected chi connectivity index (χ2v) is 5.30. The molecular formula is C16H23N3. The van der Waals surface area contributed by atoms with Gasteiger partial charge in [-0.15, -0.1) is 0 Å². The van der Waals surface area contributed by atoms with E-state index in [9.17, 15) is 5.26 Å². The summed E-state index contributed by atoms with van der Waals surface area (Å²) in [5.41, 5.74) is 2.72. The van der Waals surface area contributed by atoms with Crippen LogP contribution in [0, 0.1) is 11.3 Å². The van der Waals surface area contributed by atoms with Crippen LogP contribution >= 0.6 is 0 Å².